The van der Waals surface area contributed by atoms with Crippen molar-refractivity contribution in [3.63, 3.8) is 0 Å². The Labute approximate surface area is 253 Å². The van der Waals surface area contributed by atoms with Crippen LogP contribution in [0.15, 0.2) is 66.9 Å². The van der Waals surface area contributed by atoms with Crippen LogP contribution in [-0.2, 0) is 9.59 Å². The van der Waals surface area contributed by atoms with Crippen molar-refractivity contribution >= 4 is 23.3 Å². The van der Waals surface area contributed by atoms with Crippen molar-refractivity contribution < 1.29 is 29.7 Å². The van der Waals surface area contributed by atoms with Crippen LogP contribution in [0.1, 0.15) is 34.6 Å². The van der Waals surface area contributed by atoms with Gasteiger partial charge in [0.2, 0.25) is 17.0 Å². The Kier molecular flexibility index (Phi) is 6.97. The summed E-state index contributed by atoms with van der Waals surface area (Å²) >= 11 is 0. The molecule has 2 aromatic carbocycles. The van der Waals surface area contributed by atoms with Crippen molar-refractivity contribution in [2.45, 2.75) is 24.0 Å². The number of imidazole rings is 1. The molecule has 2 saturated heterocycles. The van der Waals surface area contributed by atoms with Crippen LogP contribution in [-0.4, -0.2) is 90.7 Å². The molecule has 0 radical (unpaired) electrons. The van der Waals surface area contributed by atoms with Crippen LogP contribution in [0.2, 0.25) is 0 Å². The maximum absolute atomic E-state index is 12.3. The van der Waals surface area contributed by atoms with Crippen LogP contribution in [0.5, 0.6) is 0 Å². The van der Waals surface area contributed by atoms with Gasteiger partial charge in [-0.05, 0) is 47.5 Å². The van der Waals surface area contributed by atoms with E-state index in [9.17, 15) is 29.7 Å². The summed E-state index contributed by atoms with van der Waals surface area (Å²) < 4.78 is 1.50. The molecule has 2 aliphatic heterocycles. The van der Waals surface area contributed by atoms with Crippen molar-refractivity contribution in [1.29, 1.82) is 0 Å². The lowest BCUT2D eigenvalue weighted by Gasteiger charge is -2.13. The van der Waals surface area contributed by atoms with Gasteiger partial charge in [-0.2, -0.15) is 0 Å². The van der Waals surface area contributed by atoms with Gasteiger partial charge < -0.3 is 25.1 Å². The molecule has 3 N–H and O–H groups in total. The van der Waals surface area contributed by atoms with Crippen molar-refractivity contribution in [1.82, 2.24) is 19.2 Å². The summed E-state index contributed by atoms with van der Waals surface area (Å²) in [4.78, 5) is 44.1. The first-order valence-electron chi connectivity index (χ1n) is 14.0. The fourth-order valence-corrected chi connectivity index (χ4v) is 5.44. The standard InChI is InChI=1S/C34H28N4O6/c1-36-17-14-33(43,31(36)41)12-9-22-5-3-7-24(19-22)25-11-16-38-27(21-25)28(35-29(38)30(39)40)26-8-4-6-23(20-26)10-13-34(44)15-18-37(2)32(34)42/h3-8,11,16,19-21,43-44H,14-15,17-18H2,1-2H3,(H,39,40)/t33-,34-/m0/s1. The molecule has 2 atom stereocenters. The number of rotatable bonds is 3. The van der Waals surface area contributed by atoms with Gasteiger partial charge in [0.25, 0.3) is 11.8 Å². The molecule has 10 heteroatoms. The van der Waals surface area contributed by atoms with Gasteiger partial charge in [-0.1, -0.05) is 47.9 Å². The first-order valence-corrected chi connectivity index (χ1v) is 14.0. The lowest BCUT2D eigenvalue weighted by Crippen LogP contribution is -2.37. The van der Waals surface area contributed by atoms with E-state index in [1.807, 2.05) is 24.3 Å². The zero-order valence-corrected chi connectivity index (χ0v) is 24.0. The number of pyridine rings is 1. The highest BCUT2D eigenvalue weighted by molar-refractivity contribution is 5.92. The first-order chi connectivity index (χ1) is 21.0. The molecule has 4 aromatic rings. The van der Waals surface area contributed by atoms with Crippen molar-refractivity contribution in [3.8, 4) is 46.1 Å². The Balaban J connectivity index is 1.38. The van der Waals surface area contributed by atoms with Crippen LogP contribution in [0.3, 0.4) is 0 Å². The smallest absolute Gasteiger partial charge is 0.372 e. The number of benzene rings is 2. The van der Waals surface area contributed by atoms with Gasteiger partial charge in [0, 0.05) is 62.9 Å². The first kappa shape index (κ1) is 28.7. The number of likely N-dealkylation sites (N-methyl/N-ethyl adjacent to an activating group) is 2. The molecule has 44 heavy (non-hydrogen) atoms. The maximum Gasteiger partial charge on any atom is 0.372 e. The molecule has 220 valence electrons. The number of carboxylic acid groups (broad SMARTS) is 1. The third-order valence-electron chi connectivity index (χ3n) is 8.01. The highest BCUT2D eigenvalue weighted by atomic mass is 16.4. The van der Waals surface area contributed by atoms with Gasteiger partial charge >= 0.3 is 5.97 Å². The lowest BCUT2D eigenvalue weighted by molar-refractivity contribution is -0.138. The summed E-state index contributed by atoms with van der Waals surface area (Å²) in [5.41, 5.74) is 0.845. The van der Waals surface area contributed by atoms with Crippen LogP contribution in [0.4, 0.5) is 0 Å². The SMILES string of the molecule is CN1CC[C@@](O)(C#Cc2cccc(-c3ccn4c(C(=O)O)nc(-c5cccc(C#C[C@]6(O)CCN(C)C6=O)c5)c4c3)c2)C1=O. The Morgan fingerprint density at radius 3 is 1.84 bits per heavy atom. The minimum atomic E-state index is -1.74. The van der Waals surface area contributed by atoms with Gasteiger partial charge in [0.15, 0.2) is 0 Å². The third-order valence-corrected chi connectivity index (χ3v) is 8.01. The molecule has 0 bridgehead atoms. The van der Waals surface area contributed by atoms with E-state index in [1.165, 1.54) is 14.2 Å². The van der Waals surface area contributed by atoms with E-state index in [-0.39, 0.29) is 18.7 Å². The zero-order chi connectivity index (χ0) is 31.2. The summed E-state index contributed by atoms with van der Waals surface area (Å²) in [5, 5.41) is 31.2. The number of nitrogens with zero attached hydrogens (tertiary/aromatic N) is 4. The summed E-state index contributed by atoms with van der Waals surface area (Å²) in [7, 11) is 3.25. The number of carboxylic acids is 1. The number of amides is 2. The van der Waals surface area contributed by atoms with E-state index >= 15 is 0 Å². The second kappa shape index (κ2) is 10.7. The highest BCUT2D eigenvalue weighted by Crippen LogP contribution is 2.30. The highest BCUT2D eigenvalue weighted by Gasteiger charge is 2.43. The second-order valence-electron chi connectivity index (χ2n) is 11.1. The monoisotopic (exact) mass is 588 g/mol. The number of aliphatic hydroxyl groups is 2. The molecule has 6 rings (SSSR count). The summed E-state index contributed by atoms with van der Waals surface area (Å²) in [5.74, 6) is 9.07. The average molecular weight is 589 g/mol. The molecule has 2 fully saturated rings. The normalized spacial score (nSPS) is 21.3. The van der Waals surface area contributed by atoms with E-state index in [0.717, 1.165) is 11.1 Å². The Bertz CT molecular complexity index is 1990. The average Bonchev–Trinajstić information content (AvgIpc) is 3.63. The number of likely N-dealkylation sites (tertiary alicyclic amines) is 2. The molecule has 2 aromatic heterocycles. The van der Waals surface area contributed by atoms with Crippen molar-refractivity contribution in [2.24, 2.45) is 0 Å². The molecule has 0 unspecified atom stereocenters. The summed E-state index contributed by atoms with van der Waals surface area (Å²) in [6, 6.07) is 18.0. The van der Waals surface area contributed by atoms with Crippen LogP contribution >= 0.6 is 0 Å². The third kappa shape index (κ3) is 5.07. The van der Waals surface area contributed by atoms with E-state index < -0.39 is 29.0 Å². The molecule has 4 heterocycles. The Morgan fingerprint density at radius 2 is 1.32 bits per heavy atom. The molecular formula is C34H28N4O6. The maximum atomic E-state index is 12.3. The number of aromatic nitrogens is 2. The second-order valence-corrected chi connectivity index (χ2v) is 11.1. The van der Waals surface area contributed by atoms with E-state index in [0.29, 0.717) is 41.0 Å². The van der Waals surface area contributed by atoms with Gasteiger partial charge in [0.1, 0.15) is 0 Å². The summed E-state index contributed by atoms with van der Waals surface area (Å²) in [6.45, 7) is 0.852. The Hall–Kier alpha value is -5.42. The molecular weight excluding hydrogens is 560 g/mol. The van der Waals surface area contributed by atoms with Crippen LogP contribution in [0, 0.1) is 23.7 Å². The lowest BCUT2D eigenvalue weighted by atomic mass is 10.00. The largest absolute Gasteiger partial charge is 0.475 e. The molecule has 0 spiro atoms. The minimum Gasteiger partial charge on any atom is -0.475 e. The predicted octanol–water partition coefficient (Wildman–Crippen LogP) is 2.26. The number of hydrogen-bond acceptors (Lipinski definition) is 6. The zero-order valence-electron chi connectivity index (χ0n) is 24.0. The predicted molar refractivity (Wildman–Crippen MR) is 161 cm³/mol. The number of fused-ring (bicyclic) bond motifs is 1. The molecule has 0 saturated carbocycles. The topological polar surface area (TPSA) is 136 Å². The van der Waals surface area contributed by atoms with Crippen LogP contribution in [0.25, 0.3) is 27.9 Å². The van der Waals surface area contributed by atoms with Gasteiger partial charge in [0.05, 0.1) is 11.2 Å². The molecule has 2 amide bonds. The summed E-state index contributed by atoms with van der Waals surface area (Å²) in [6.07, 6.45) is 2.10. The number of carbonyl (C=O) groups excluding carboxylic acids is 2. The number of carbonyl (C=O) groups is 3. The molecule has 10 nitrogen and oxygen atoms in total. The van der Waals surface area contributed by atoms with Crippen molar-refractivity contribution in [3.05, 3.63) is 83.8 Å². The fourth-order valence-electron chi connectivity index (χ4n) is 5.44. The van der Waals surface area contributed by atoms with Crippen LogP contribution < -0.4 is 0 Å². The Morgan fingerprint density at radius 1 is 0.795 bits per heavy atom. The van der Waals surface area contributed by atoms with Gasteiger partial charge in [-0.3, -0.25) is 14.0 Å². The number of aromatic carboxylic acids is 1. The minimum absolute atomic E-state index is 0.161. The van der Waals surface area contributed by atoms with E-state index in [2.05, 4.69) is 28.7 Å². The van der Waals surface area contributed by atoms with E-state index in [1.54, 1.807) is 56.7 Å². The van der Waals surface area contributed by atoms with Gasteiger partial charge in [-0.15, -0.1) is 0 Å². The number of hydrogen-bond donors (Lipinski definition) is 3. The fraction of sp³-hybridized carbons (Fsp3) is 0.235. The van der Waals surface area contributed by atoms with E-state index in [4.69, 9.17) is 0 Å². The molecule has 2 aliphatic rings. The van der Waals surface area contributed by atoms with Crippen molar-refractivity contribution in [2.75, 3.05) is 27.2 Å². The molecule has 0 aliphatic carbocycles. The van der Waals surface area contributed by atoms with Gasteiger partial charge in [-0.25, -0.2) is 9.78 Å². The quantitative estimate of drug-likeness (QED) is 0.313.